The third-order valence-electron chi connectivity index (χ3n) is 5.40. The zero-order chi connectivity index (χ0) is 22.1. The van der Waals surface area contributed by atoms with Gasteiger partial charge in [0.2, 0.25) is 0 Å². The molecular weight excluding hydrogens is 408 g/mol. The van der Waals surface area contributed by atoms with Gasteiger partial charge < -0.3 is 15.4 Å². The van der Waals surface area contributed by atoms with Crippen molar-refractivity contribution in [3.63, 3.8) is 0 Å². The van der Waals surface area contributed by atoms with Crippen LogP contribution in [-0.4, -0.2) is 61.6 Å². The molecule has 0 unspecified atom stereocenters. The van der Waals surface area contributed by atoms with Crippen molar-refractivity contribution < 1.29 is 18.3 Å². The molecule has 0 spiro atoms. The molecule has 1 aliphatic heterocycles. The van der Waals surface area contributed by atoms with Crippen molar-refractivity contribution in [3.05, 3.63) is 52.9 Å². The summed E-state index contributed by atoms with van der Waals surface area (Å²) in [6.45, 7) is 2.84. The number of nitrogens with zero attached hydrogens (tertiary/aromatic N) is 6. The molecule has 1 amide bonds. The molecule has 3 aromatic rings. The molecule has 0 saturated carbocycles. The first-order chi connectivity index (χ1) is 14.9. The minimum absolute atomic E-state index is 0.0809. The monoisotopic (exact) mass is 431 g/mol. The van der Waals surface area contributed by atoms with E-state index in [1.807, 2.05) is 6.92 Å². The Labute approximate surface area is 177 Å². The topological polar surface area (TPSA) is 112 Å². The summed E-state index contributed by atoms with van der Waals surface area (Å²) in [6, 6.07) is 4.41. The smallest absolute Gasteiger partial charge is 0.280 e. The van der Waals surface area contributed by atoms with E-state index < -0.39 is 12.3 Å². The van der Waals surface area contributed by atoms with Crippen LogP contribution in [0.3, 0.4) is 0 Å². The van der Waals surface area contributed by atoms with E-state index in [1.165, 1.54) is 16.9 Å². The maximum absolute atomic E-state index is 13.4. The first kappa shape index (κ1) is 21.2. The number of halogens is 2. The Kier molecular flexibility index (Phi) is 5.88. The fourth-order valence-corrected chi connectivity index (χ4v) is 3.96. The molecule has 164 valence electrons. The number of aryl methyl sites for hydroxylation is 1. The lowest BCUT2D eigenvalue weighted by atomic mass is 9.89. The molecule has 2 N–H and O–H groups in total. The van der Waals surface area contributed by atoms with E-state index in [2.05, 4.69) is 20.1 Å². The van der Waals surface area contributed by atoms with E-state index in [0.29, 0.717) is 42.2 Å². The number of nitrogens with two attached hydrogens (primary N) is 1. The lowest BCUT2D eigenvalue weighted by Crippen LogP contribution is -2.48. The number of carbonyl (C=O) groups excluding carboxylic acids is 1. The molecule has 4 rings (SSSR count). The second-order valence-corrected chi connectivity index (χ2v) is 7.61. The highest BCUT2D eigenvalue weighted by Gasteiger charge is 2.33. The summed E-state index contributed by atoms with van der Waals surface area (Å²) < 4.78 is 33.3. The van der Waals surface area contributed by atoms with Gasteiger partial charge in [0.05, 0.1) is 18.0 Å². The van der Waals surface area contributed by atoms with E-state index in [0.717, 1.165) is 0 Å². The van der Waals surface area contributed by atoms with Gasteiger partial charge in [-0.05, 0) is 31.5 Å². The maximum Gasteiger partial charge on any atom is 0.280 e. The Morgan fingerprint density at radius 2 is 2.13 bits per heavy atom. The fourth-order valence-electron chi connectivity index (χ4n) is 3.96. The first-order valence-corrected chi connectivity index (χ1v) is 9.87. The van der Waals surface area contributed by atoms with Crippen molar-refractivity contribution in [3.8, 4) is 0 Å². The SMILES string of the molecule is COCc1cc(C(=O)N2CC[C@@H](N)[C@H](c3cc(C(F)F)nc4ncnn34)C2)cc(C)n1. The minimum atomic E-state index is -2.75. The first-order valence-electron chi connectivity index (χ1n) is 9.87. The highest BCUT2D eigenvalue weighted by molar-refractivity contribution is 5.94. The summed E-state index contributed by atoms with van der Waals surface area (Å²) in [5, 5.41) is 4.12. The Morgan fingerprint density at radius 3 is 2.87 bits per heavy atom. The van der Waals surface area contributed by atoms with E-state index in [9.17, 15) is 13.6 Å². The highest BCUT2D eigenvalue weighted by atomic mass is 19.3. The molecule has 0 aliphatic carbocycles. The molecule has 1 aliphatic rings. The third-order valence-corrected chi connectivity index (χ3v) is 5.40. The average molecular weight is 431 g/mol. The van der Waals surface area contributed by atoms with E-state index in [1.54, 1.807) is 24.1 Å². The second-order valence-electron chi connectivity index (χ2n) is 7.61. The summed E-state index contributed by atoms with van der Waals surface area (Å²) in [4.78, 5) is 27.1. The second kappa shape index (κ2) is 8.60. The number of ether oxygens (including phenoxy) is 1. The Balaban J connectivity index is 1.66. The number of likely N-dealkylation sites (tertiary alicyclic amines) is 1. The van der Waals surface area contributed by atoms with Gasteiger partial charge in [0.1, 0.15) is 12.0 Å². The molecule has 11 heteroatoms. The number of aromatic nitrogens is 5. The van der Waals surface area contributed by atoms with Crippen LogP contribution >= 0.6 is 0 Å². The van der Waals surface area contributed by atoms with Crippen LogP contribution in [-0.2, 0) is 11.3 Å². The lowest BCUT2D eigenvalue weighted by molar-refractivity contribution is 0.0690. The van der Waals surface area contributed by atoms with Gasteiger partial charge in [-0.25, -0.2) is 18.3 Å². The molecule has 1 fully saturated rings. The molecule has 2 atom stereocenters. The number of methoxy groups -OCH3 is 1. The molecule has 0 radical (unpaired) electrons. The quantitative estimate of drug-likeness (QED) is 0.656. The Bertz CT molecular complexity index is 1100. The van der Waals surface area contributed by atoms with Crippen LogP contribution in [0.15, 0.2) is 24.5 Å². The summed E-state index contributed by atoms with van der Waals surface area (Å²) in [5.41, 5.74) is 8.31. The molecule has 31 heavy (non-hydrogen) atoms. The van der Waals surface area contributed by atoms with Gasteiger partial charge in [-0.15, -0.1) is 0 Å². The molecule has 9 nitrogen and oxygen atoms in total. The van der Waals surface area contributed by atoms with Gasteiger partial charge in [-0.3, -0.25) is 9.78 Å². The van der Waals surface area contributed by atoms with E-state index in [4.69, 9.17) is 10.5 Å². The van der Waals surface area contributed by atoms with Crippen molar-refractivity contribution >= 4 is 11.7 Å². The van der Waals surface area contributed by atoms with Gasteiger partial charge in [0.15, 0.2) is 0 Å². The number of piperidine rings is 1. The highest BCUT2D eigenvalue weighted by Crippen LogP contribution is 2.29. The van der Waals surface area contributed by atoms with Crippen LogP contribution in [0.5, 0.6) is 0 Å². The number of hydrogen-bond acceptors (Lipinski definition) is 7. The standard InChI is InChI=1S/C20H23F2N7O2/c1-11-5-12(6-13(26-11)9-31-2)19(30)28-4-3-15(23)14(8-28)17-7-16(18(21)22)27-20-24-10-25-29(17)20/h5-7,10,14-15,18H,3-4,8-9,23H2,1-2H3/t14-,15-/m1/s1. The van der Waals surface area contributed by atoms with Crippen molar-refractivity contribution in [2.75, 3.05) is 20.2 Å². The fraction of sp³-hybridized carbons (Fsp3) is 0.450. The van der Waals surface area contributed by atoms with Crippen molar-refractivity contribution in [1.29, 1.82) is 0 Å². The van der Waals surface area contributed by atoms with Crippen LogP contribution in [0.1, 0.15) is 51.9 Å². The lowest BCUT2D eigenvalue weighted by Gasteiger charge is -2.37. The average Bonchev–Trinajstić information content (AvgIpc) is 3.21. The van der Waals surface area contributed by atoms with Crippen LogP contribution in [0.4, 0.5) is 8.78 Å². The minimum Gasteiger partial charge on any atom is -0.378 e. The Morgan fingerprint density at radius 1 is 1.32 bits per heavy atom. The molecular formula is C20H23F2N7O2. The van der Waals surface area contributed by atoms with Crippen LogP contribution in [0.2, 0.25) is 0 Å². The van der Waals surface area contributed by atoms with E-state index in [-0.39, 0.29) is 30.0 Å². The predicted octanol–water partition coefficient (Wildman–Crippen LogP) is 1.87. The number of amides is 1. The summed E-state index contributed by atoms with van der Waals surface area (Å²) in [7, 11) is 1.56. The zero-order valence-corrected chi connectivity index (χ0v) is 17.2. The van der Waals surface area contributed by atoms with Gasteiger partial charge in [0.25, 0.3) is 18.1 Å². The number of fused-ring (bicyclic) bond motifs is 1. The number of rotatable bonds is 5. The summed E-state index contributed by atoms with van der Waals surface area (Å²) in [6.07, 6.45) is -0.972. The van der Waals surface area contributed by atoms with Gasteiger partial charge in [-0.2, -0.15) is 10.1 Å². The molecule has 3 aromatic heterocycles. The summed E-state index contributed by atoms with van der Waals surface area (Å²) >= 11 is 0. The molecule has 0 aromatic carbocycles. The number of hydrogen-bond donors (Lipinski definition) is 1. The molecule has 0 bridgehead atoms. The largest absolute Gasteiger partial charge is 0.378 e. The normalized spacial score (nSPS) is 19.4. The number of alkyl halides is 2. The van der Waals surface area contributed by atoms with Gasteiger partial charge in [-0.1, -0.05) is 0 Å². The van der Waals surface area contributed by atoms with Crippen LogP contribution in [0.25, 0.3) is 5.78 Å². The van der Waals surface area contributed by atoms with E-state index >= 15 is 0 Å². The van der Waals surface area contributed by atoms with Gasteiger partial charge >= 0.3 is 0 Å². The Hall–Kier alpha value is -3.05. The number of carbonyl (C=O) groups is 1. The molecule has 4 heterocycles. The van der Waals surface area contributed by atoms with Gasteiger partial charge in [0, 0.05) is 43.4 Å². The van der Waals surface area contributed by atoms with Crippen molar-refractivity contribution in [2.24, 2.45) is 5.73 Å². The molecule has 1 saturated heterocycles. The maximum atomic E-state index is 13.4. The zero-order valence-electron chi connectivity index (χ0n) is 17.2. The van der Waals surface area contributed by atoms with Crippen LogP contribution < -0.4 is 5.73 Å². The van der Waals surface area contributed by atoms with Crippen LogP contribution in [0, 0.1) is 6.92 Å². The third kappa shape index (κ3) is 4.23. The summed E-state index contributed by atoms with van der Waals surface area (Å²) in [5.74, 6) is -0.487. The predicted molar refractivity (Wildman–Crippen MR) is 107 cm³/mol. The van der Waals surface area contributed by atoms with Crippen molar-refractivity contribution in [1.82, 2.24) is 29.5 Å². The number of pyridine rings is 1. The van der Waals surface area contributed by atoms with Crippen molar-refractivity contribution in [2.45, 2.75) is 38.3 Å².